The molecule has 124 valence electrons. The molecular formula is C17H14Cl2N2O3. The number of hydrogen-bond acceptors (Lipinski definition) is 4. The van der Waals surface area contributed by atoms with Crippen LogP contribution in [0.15, 0.2) is 41.5 Å². The van der Waals surface area contributed by atoms with E-state index in [4.69, 9.17) is 32.7 Å². The van der Waals surface area contributed by atoms with Crippen LogP contribution in [0.25, 0.3) is 0 Å². The SMILES string of the molecule is O=C(Cc1ccc2c(c1)OCCO2)N/N=C/c1ccc(Cl)cc1Cl. The third kappa shape index (κ3) is 4.19. The van der Waals surface area contributed by atoms with Crippen molar-refractivity contribution in [3.8, 4) is 11.5 Å². The van der Waals surface area contributed by atoms with E-state index >= 15 is 0 Å². The number of carbonyl (C=O) groups is 1. The van der Waals surface area contributed by atoms with Crippen LogP contribution in [0.1, 0.15) is 11.1 Å². The number of hydrogen-bond donors (Lipinski definition) is 1. The fourth-order valence-electron chi connectivity index (χ4n) is 2.20. The first-order chi connectivity index (χ1) is 11.6. The molecule has 0 unspecified atom stereocenters. The Morgan fingerprint density at radius 3 is 2.71 bits per heavy atom. The van der Waals surface area contributed by atoms with Crippen molar-refractivity contribution in [3.05, 3.63) is 57.6 Å². The second-order valence-electron chi connectivity index (χ2n) is 5.11. The summed E-state index contributed by atoms with van der Waals surface area (Å²) in [6.07, 6.45) is 1.66. The fourth-order valence-corrected chi connectivity index (χ4v) is 2.66. The first-order valence-electron chi connectivity index (χ1n) is 7.27. The van der Waals surface area contributed by atoms with Crippen molar-refractivity contribution in [2.45, 2.75) is 6.42 Å². The molecule has 0 aromatic heterocycles. The Kier molecular flexibility index (Phi) is 5.23. The molecule has 0 saturated heterocycles. The van der Waals surface area contributed by atoms with E-state index < -0.39 is 0 Å². The van der Waals surface area contributed by atoms with Crippen molar-refractivity contribution in [3.63, 3.8) is 0 Å². The first-order valence-corrected chi connectivity index (χ1v) is 8.03. The highest BCUT2D eigenvalue weighted by Gasteiger charge is 2.13. The number of fused-ring (bicyclic) bond motifs is 1. The standard InChI is InChI=1S/C17H14Cl2N2O3/c18-13-3-2-12(14(19)9-13)10-20-21-17(22)8-11-1-4-15-16(7-11)24-6-5-23-15/h1-4,7,9-10H,5-6,8H2,(H,21,22)/b20-10+. The Bertz CT molecular complexity index is 793. The van der Waals surface area contributed by atoms with E-state index in [-0.39, 0.29) is 12.3 Å². The van der Waals surface area contributed by atoms with Gasteiger partial charge in [-0.3, -0.25) is 4.79 Å². The van der Waals surface area contributed by atoms with Crippen molar-refractivity contribution in [1.82, 2.24) is 5.43 Å². The number of ether oxygens (including phenoxy) is 2. The molecule has 7 heteroatoms. The number of nitrogens with one attached hydrogen (secondary N) is 1. The van der Waals surface area contributed by atoms with Crippen molar-refractivity contribution in [1.29, 1.82) is 0 Å². The van der Waals surface area contributed by atoms with Crippen molar-refractivity contribution < 1.29 is 14.3 Å². The lowest BCUT2D eigenvalue weighted by Crippen LogP contribution is -2.20. The Morgan fingerprint density at radius 2 is 1.92 bits per heavy atom. The Balaban J connectivity index is 1.58. The molecule has 0 radical (unpaired) electrons. The lowest BCUT2D eigenvalue weighted by atomic mass is 10.1. The quantitative estimate of drug-likeness (QED) is 0.667. The van der Waals surface area contributed by atoms with Crippen LogP contribution in [-0.2, 0) is 11.2 Å². The van der Waals surface area contributed by atoms with Crippen molar-refractivity contribution >= 4 is 35.3 Å². The second kappa shape index (κ2) is 7.55. The minimum absolute atomic E-state index is 0.183. The average Bonchev–Trinajstić information content (AvgIpc) is 2.57. The normalized spacial score (nSPS) is 13.1. The van der Waals surface area contributed by atoms with E-state index in [1.165, 1.54) is 6.21 Å². The van der Waals surface area contributed by atoms with Gasteiger partial charge in [-0.2, -0.15) is 5.10 Å². The number of carbonyl (C=O) groups excluding carboxylic acids is 1. The first kappa shape index (κ1) is 16.6. The number of hydrazone groups is 1. The molecule has 0 fully saturated rings. The van der Waals surface area contributed by atoms with E-state index in [0.29, 0.717) is 40.3 Å². The summed E-state index contributed by atoms with van der Waals surface area (Å²) in [5.41, 5.74) is 3.95. The minimum atomic E-state index is -0.243. The van der Waals surface area contributed by atoms with Gasteiger partial charge in [-0.15, -0.1) is 0 Å². The van der Waals surface area contributed by atoms with Gasteiger partial charge in [0.2, 0.25) is 5.91 Å². The molecule has 0 aliphatic carbocycles. The van der Waals surface area contributed by atoms with Gasteiger partial charge in [0.1, 0.15) is 13.2 Å². The number of rotatable bonds is 4. The maximum Gasteiger partial charge on any atom is 0.244 e. The van der Waals surface area contributed by atoms with Gasteiger partial charge in [0, 0.05) is 10.6 Å². The number of halogens is 2. The molecule has 3 rings (SSSR count). The van der Waals surface area contributed by atoms with E-state index in [9.17, 15) is 4.79 Å². The zero-order valence-electron chi connectivity index (χ0n) is 12.6. The maximum atomic E-state index is 12.0. The van der Waals surface area contributed by atoms with Gasteiger partial charge in [-0.05, 0) is 29.8 Å². The highest BCUT2D eigenvalue weighted by atomic mass is 35.5. The van der Waals surface area contributed by atoms with Gasteiger partial charge < -0.3 is 9.47 Å². The van der Waals surface area contributed by atoms with Gasteiger partial charge >= 0.3 is 0 Å². The fraction of sp³-hybridized carbons (Fsp3) is 0.176. The molecule has 0 atom stereocenters. The highest BCUT2D eigenvalue weighted by Crippen LogP contribution is 2.30. The summed E-state index contributed by atoms with van der Waals surface area (Å²) >= 11 is 11.9. The molecule has 0 bridgehead atoms. The van der Waals surface area contributed by atoms with Gasteiger partial charge in [-0.25, -0.2) is 5.43 Å². The largest absolute Gasteiger partial charge is 0.486 e. The predicted molar refractivity (Wildman–Crippen MR) is 93.3 cm³/mol. The molecule has 1 heterocycles. The Hall–Kier alpha value is -2.24. The molecule has 1 N–H and O–H groups in total. The topological polar surface area (TPSA) is 59.9 Å². The van der Waals surface area contributed by atoms with E-state index in [0.717, 1.165) is 5.56 Å². The third-order valence-electron chi connectivity index (χ3n) is 3.33. The van der Waals surface area contributed by atoms with E-state index in [2.05, 4.69) is 10.5 Å². The van der Waals surface area contributed by atoms with Gasteiger partial charge in [0.25, 0.3) is 0 Å². The molecule has 1 aliphatic heterocycles. The zero-order valence-corrected chi connectivity index (χ0v) is 14.1. The van der Waals surface area contributed by atoms with Gasteiger partial charge in [0.05, 0.1) is 17.7 Å². The minimum Gasteiger partial charge on any atom is -0.486 e. The molecule has 0 saturated carbocycles. The van der Waals surface area contributed by atoms with E-state index in [1.807, 2.05) is 6.07 Å². The second-order valence-corrected chi connectivity index (χ2v) is 5.96. The predicted octanol–water partition coefficient (Wildman–Crippen LogP) is 3.46. The summed E-state index contributed by atoms with van der Waals surface area (Å²) in [6.45, 7) is 1.05. The Labute approximate surface area is 149 Å². The summed E-state index contributed by atoms with van der Waals surface area (Å²) in [7, 11) is 0. The van der Waals surface area contributed by atoms with Crippen LogP contribution in [0.2, 0.25) is 10.0 Å². The van der Waals surface area contributed by atoms with Crippen LogP contribution in [-0.4, -0.2) is 25.3 Å². The zero-order chi connectivity index (χ0) is 16.9. The van der Waals surface area contributed by atoms with Gasteiger partial charge in [-0.1, -0.05) is 35.3 Å². The average molecular weight is 365 g/mol. The summed E-state index contributed by atoms with van der Waals surface area (Å²) in [6, 6.07) is 10.5. The molecule has 1 amide bonds. The molecule has 2 aromatic carbocycles. The number of nitrogens with zero attached hydrogens (tertiary/aromatic N) is 1. The van der Waals surface area contributed by atoms with Crippen molar-refractivity contribution in [2.24, 2.45) is 5.10 Å². The Morgan fingerprint density at radius 1 is 1.12 bits per heavy atom. The molecule has 2 aromatic rings. The molecule has 1 aliphatic rings. The maximum absolute atomic E-state index is 12.0. The van der Waals surface area contributed by atoms with Crippen LogP contribution < -0.4 is 14.9 Å². The van der Waals surface area contributed by atoms with Crippen LogP contribution in [0.3, 0.4) is 0 Å². The lowest BCUT2D eigenvalue weighted by Gasteiger charge is -2.18. The molecular weight excluding hydrogens is 351 g/mol. The number of amides is 1. The van der Waals surface area contributed by atoms with Crippen LogP contribution in [0.5, 0.6) is 11.5 Å². The lowest BCUT2D eigenvalue weighted by molar-refractivity contribution is -0.120. The molecule has 5 nitrogen and oxygen atoms in total. The summed E-state index contributed by atoms with van der Waals surface area (Å²) in [4.78, 5) is 12.0. The molecule has 24 heavy (non-hydrogen) atoms. The van der Waals surface area contributed by atoms with Gasteiger partial charge in [0.15, 0.2) is 11.5 Å². The summed E-state index contributed by atoms with van der Waals surface area (Å²) < 4.78 is 10.9. The monoisotopic (exact) mass is 364 g/mol. The van der Waals surface area contributed by atoms with Crippen LogP contribution in [0.4, 0.5) is 0 Å². The summed E-state index contributed by atoms with van der Waals surface area (Å²) in [5.74, 6) is 1.11. The third-order valence-corrected chi connectivity index (χ3v) is 3.89. The smallest absolute Gasteiger partial charge is 0.244 e. The van der Waals surface area contributed by atoms with Crippen LogP contribution in [0, 0.1) is 0 Å². The molecule has 0 spiro atoms. The number of benzene rings is 2. The van der Waals surface area contributed by atoms with E-state index in [1.54, 1.807) is 30.3 Å². The summed E-state index contributed by atoms with van der Waals surface area (Å²) in [5, 5.41) is 4.91. The highest BCUT2D eigenvalue weighted by molar-refractivity contribution is 6.36. The van der Waals surface area contributed by atoms with Crippen LogP contribution >= 0.6 is 23.2 Å². The van der Waals surface area contributed by atoms with Crippen molar-refractivity contribution in [2.75, 3.05) is 13.2 Å².